The molecule has 2 heterocycles. The van der Waals surface area contributed by atoms with E-state index in [1.54, 1.807) is 31.3 Å². The maximum Gasteiger partial charge on any atom is 0.178 e. The summed E-state index contributed by atoms with van der Waals surface area (Å²) in [6.45, 7) is 1.64. The van der Waals surface area contributed by atoms with E-state index in [-0.39, 0.29) is 5.75 Å². The number of imidazole rings is 1. The fraction of sp³-hybridized carbons (Fsp3) is 0.200. The van der Waals surface area contributed by atoms with Gasteiger partial charge in [0.2, 0.25) is 0 Å². The first-order valence-corrected chi connectivity index (χ1v) is 9.18. The number of aromatic nitrogens is 3. The Hall–Kier alpha value is -1.73. The number of hydrogen-bond donors (Lipinski definition) is 0. The van der Waals surface area contributed by atoms with Crippen LogP contribution in [0.4, 0.5) is 0 Å². The molecular formula is C15H14BrN3O2S. The second kappa shape index (κ2) is 5.48. The summed E-state index contributed by atoms with van der Waals surface area (Å²) in [4.78, 5) is 9.20. The van der Waals surface area contributed by atoms with Crippen molar-refractivity contribution in [1.82, 2.24) is 14.5 Å². The number of benzene rings is 1. The first kappa shape index (κ1) is 15.2. The fourth-order valence-corrected chi connectivity index (χ4v) is 3.78. The molecule has 3 rings (SSSR count). The molecule has 0 aliphatic carbocycles. The number of halogens is 1. The van der Waals surface area contributed by atoms with Gasteiger partial charge < -0.3 is 4.57 Å². The van der Waals surface area contributed by atoms with Gasteiger partial charge in [-0.25, -0.2) is 18.4 Å². The van der Waals surface area contributed by atoms with E-state index in [4.69, 9.17) is 0 Å². The Kier molecular flexibility index (Phi) is 3.78. The van der Waals surface area contributed by atoms with Crippen LogP contribution in [0.15, 0.2) is 45.9 Å². The van der Waals surface area contributed by atoms with Crippen molar-refractivity contribution in [2.24, 2.45) is 7.05 Å². The van der Waals surface area contributed by atoms with E-state index in [2.05, 4.69) is 25.9 Å². The van der Waals surface area contributed by atoms with Crippen LogP contribution in [0.5, 0.6) is 0 Å². The highest BCUT2D eigenvalue weighted by molar-refractivity contribution is 9.10. The normalized spacial score (nSPS) is 12.0. The number of nitrogens with zero attached hydrogens (tertiary/aromatic N) is 3. The minimum atomic E-state index is -3.32. The van der Waals surface area contributed by atoms with Crippen LogP contribution >= 0.6 is 15.9 Å². The number of fused-ring (bicyclic) bond motifs is 1. The van der Waals surface area contributed by atoms with Crippen molar-refractivity contribution in [3.05, 3.63) is 41.0 Å². The molecule has 0 radical (unpaired) electrons. The van der Waals surface area contributed by atoms with Gasteiger partial charge in [-0.3, -0.25) is 0 Å². The Morgan fingerprint density at radius 3 is 2.73 bits per heavy atom. The van der Waals surface area contributed by atoms with Crippen molar-refractivity contribution in [1.29, 1.82) is 0 Å². The summed E-state index contributed by atoms with van der Waals surface area (Å²) < 4.78 is 27.3. The molecule has 0 saturated heterocycles. The van der Waals surface area contributed by atoms with Crippen molar-refractivity contribution < 1.29 is 8.42 Å². The van der Waals surface area contributed by atoms with Crippen molar-refractivity contribution in [2.75, 3.05) is 5.75 Å². The minimum Gasteiger partial charge on any atom is -0.312 e. The molecule has 0 N–H and O–H groups in total. The Morgan fingerprint density at radius 2 is 2.00 bits per heavy atom. The smallest absolute Gasteiger partial charge is 0.178 e. The zero-order valence-corrected chi connectivity index (χ0v) is 14.5. The zero-order valence-electron chi connectivity index (χ0n) is 12.1. The van der Waals surface area contributed by atoms with Crippen LogP contribution in [0.2, 0.25) is 0 Å². The lowest BCUT2D eigenvalue weighted by atomic mass is 10.2. The van der Waals surface area contributed by atoms with Gasteiger partial charge in [-0.1, -0.05) is 19.1 Å². The molecule has 7 heteroatoms. The second-order valence-electron chi connectivity index (χ2n) is 4.89. The molecular weight excluding hydrogens is 366 g/mol. The van der Waals surface area contributed by atoms with Crippen LogP contribution in [-0.4, -0.2) is 28.7 Å². The van der Waals surface area contributed by atoms with Gasteiger partial charge in [0.05, 0.1) is 10.6 Å². The molecule has 114 valence electrons. The Balaban J connectivity index is 2.31. The van der Waals surface area contributed by atoms with E-state index in [1.807, 2.05) is 23.7 Å². The summed E-state index contributed by atoms with van der Waals surface area (Å²) in [5, 5.41) is 0. The summed E-state index contributed by atoms with van der Waals surface area (Å²) >= 11 is 3.37. The molecule has 3 aromatic rings. The third kappa shape index (κ3) is 2.44. The highest BCUT2D eigenvalue weighted by Gasteiger charge is 2.21. The van der Waals surface area contributed by atoms with Crippen molar-refractivity contribution in [2.45, 2.75) is 11.8 Å². The number of sulfone groups is 1. The summed E-state index contributed by atoms with van der Waals surface area (Å²) in [5.74, 6) is 0.644. The van der Waals surface area contributed by atoms with Gasteiger partial charge in [0.15, 0.2) is 15.5 Å². The Labute approximate surface area is 137 Å². The third-order valence-electron chi connectivity index (χ3n) is 3.52. The van der Waals surface area contributed by atoms with E-state index in [1.165, 1.54) is 0 Å². The lowest BCUT2D eigenvalue weighted by Gasteiger charge is -2.09. The minimum absolute atomic E-state index is 0.0533. The highest BCUT2D eigenvalue weighted by atomic mass is 79.9. The molecule has 22 heavy (non-hydrogen) atoms. The summed E-state index contributed by atoms with van der Waals surface area (Å²) in [6, 6.07) is 8.80. The maximum absolute atomic E-state index is 12.3. The predicted octanol–water partition coefficient (Wildman–Crippen LogP) is 3.19. The molecule has 0 saturated carbocycles. The first-order valence-electron chi connectivity index (χ1n) is 6.74. The summed E-state index contributed by atoms with van der Waals surface area (Å²) in [5.41, 5.74) is 2.03. The average molecular weight is 380 g/mol. The molecule has 0 spiro atoms. The standard InChI is InChI=1S/C15H14BrN3O2S/c1-3-22(20,21)13-7-5-4-6-11(13)14-18-12-8-10(16)9-17-15(12)19(14)2/h4-9H,3H2,1-2H3. The van der Waals surface area contributed by atoms with Gasteiger partial charge in [0, 0.05) is 23.3 Å². The van der Waals surface area contributed by atoms with Crippen LogP contribution in [0.3, 0.4) is 0 Å². The Morgan fingerprint density at radius 1 is 1.27 bits per heavy atom. The molecule has 0 unspecified atom stereocenters. The van der Waals surface area contributed by atoms with Gasteiger partial charge in [-0.15, -0.1) is 0 Å². The molecule has 0 aliphatic rings. The van der Waals surface area contributed by atoms with Gasteiger partial charge in [0.25, 0.3) is 0 Å². The van der Waals surface area contributed by atoms with E-state index in [9.17, 15) is 8.42 Å². The molecule has 0 aliphatic heterocycles. The topological polar surface area (TPSA) is 64.8 Å². The van der Waals surface area contributed by atoms with Crippen LogP contribution in [-0.2, 0) is 16.9 Å². The van der Waals surface area contributed by atoms with Crippen LogP contribution in [0, 0.1) is 0 Å². The van der Waals surface area contributed by atoms with Crippen LogP contribution in [0.25, 0.3) is 22.6 Å². The van der Waals surface area contributed by atoms with Gasteiger partial charge in [0.1, 0.15) is 11.3 Å². The van der Waals surface area contributed by atoms with Gasteiger partial charge in [-0.05, 0) is 34.1 Å². The van der Waals surface area contributed by atoms with E-state index < -0.39 is 9.84 Å². The number of aryl methyl sites for hydroxylation is 1. The molecule has 0 amide bonds. The quantitative estimate of drug-likeness (QED) is 0.700. The number of hydrogen-bond acceptors (Lipinski definition) is 4. The monoisotopic (exact) mass is 379 g/mol. The predicted molar refractivity (Wildman–Crippen MR) is 89.4 cm³/mol. The zero-order chi connectivity index (χ0) is 15.9. The largest absolute Gasteiger partial charge is 0.312 e. The van der Waals surface area contributed by atoms with Gasteiger partial charge >= 0.3 is 0 Å². The maximum atomic E-state index is 12.3. The van der Waals surface area contributed by atoms with Crippen LogP contribution in [0.1, 0.15) is 6.92 Å². The average Bonchev–Trinajstić information content (AvgIpc) is 2.83. The molecule has 0 fully saturated rings. The fourth-order valence-electron chi connectivity index (χ4n) is 2.37. The third-order valence-corrected chi connectivity index (χ3v) is 5.74. The van der Waals surface area contributed by atoms with Crippen molar-refractivity contribution in [3.63, 3.8) is 0 Å². The highest BCUT2D eigenvalue weighted by Crippen LogP contribution is 2.29. The second-order valence-corrected chi connectivity index (χ2v) is 8.05. The molecule has 0 atom stereocenters. The number of rotatable bonds is 3. The summed E-state index contributed by atoms with van der Waals surface area (Å²) in [6.07, 6.45) is 1.70. The first-order chi connectivity index (χ1) is 10.4. The van der Waals surface area contributed by atoms with E-state index in [0.717, 1.165) is 9.99 Å². The van der Waals surface area contributed by atoms with E-state index >= 15 is 0 Å². The van der Waals surface area contributed by atoms with Crippen molar-refractivity contribution >= 4 is 36.9 Å². The van der Waals surface area contributed by atoms with Gasteiger partial charge in [-0.2, -0.15) is 0 Å². The lowest BCUT2D eigenvalue weighted by molar-refractivity contribution is 0.597. The van der Waals surface area contributed by atoms with Crippen LogP contribution < -0.4 is 0 Å². The SMILES string of the molecule is CCS(=O)(=O)c1ccccc1-c1nc2cc(Br)cnc2n1C. The Bertz CT molecular complexity index is 964. The van der Waals surface area contributed by atoms with Crippen molar-refractivity contribution in [3.8, 4) is 11.4 Å². The molecule has 0 bridgehead atoms. The summed E-state index contributed by atoms with van der Waals surface area (Å²) in [7, 11) is -1.49. The molecule has 5 nitrogen and oxygen atoms in total. The molecule has 2 aromatic heterocycles. The molecule has 1 aromatic carbocycles. The van der Waals surface area contributed by atoms with E-state index in [0.29, 0.717) is 21.9 Å². The number of pyridine rings is 1. The lowest BCUT2D eigenvalue weighted by Crippen LogP contribution is -2.07.